The zero-order valence-corrected chi connectivity index (χ0v) is 16.5. The summed E-state index contributed by atoms with van der Waals surface area (Å²) < 4.78 is 26.8. The van der Waals surface area contributed by atoms with Crippen LogP contribution in [0.5, 0.6) is 0 Å². The summed E-state index contributed by atoms with van der Waals surface area (Å²) in [5, 5.41) is 3.51. The number of nitrogens with one attached hydrogen (secondary N) is 2. The van der Waals surface area contributed by atoms with Gasteiger partial charge in [0.25, 0.3) is 5.91 Å². The Morgan fingerprint density at radius 3 is 2.33 bits per heavy atom. The third-order valence-corrected chi connectivity index (χ3v) is 6.94. The van der Waals surface area contributed by atoms with Crippen LogP contribution in [0.1, 0.15) is 5.56 Å². The molecule has 27 heavy (non-hydrogen) atoms. The first-order valence-corrected chi connectivity index (χ1v) is 10.7. The predicted octanol–water partition coefficient (Wildman–Crippen LogP) is 0.546. The van der Waals surface area contributed by atoms with Crippen molar-refractivity contribution < 1.29 is 18.1 Å². The number of amides is 1. The molecule has 1 saturated heterocycles. The summed E-state index contributed by atoms with van der Waals surface area (Å²) in [4.78, 5) is 13.6. The number of sulfonamides is 1. The van der Waals surface area contributed by atoms with Crippen LogP contribution in [-0.4, -0.2) is 51.4 Å². The Labute approximate surface area is 164 Å². The molecular weight excluding hydrogens is 386 g/mol. The van der Waals surface area contributed by atoms with Gasteiger partial charge in [-0.05, 0) is 23.8 Å². The fraction of sp³-hybridized carbons (Fsp3) is 0.316. The maximum atomic E-state index is 12.6. The van der Waals surface area contributed by atoms with Gasteiger partial charge < -0.3 is 10.2 Å². The summed E-state index contributed by atoms with van der Waals surface area (Å²) in [7, 11) is -3.46. The van der Waals surface area contributed by atoms with Crippen LogP contribution >= 0.6 is 11.6 Å². The molecule has 1 aliphatic rings. The molecule has 144 valence electrons. The maximum absolute atomic E-state index is 12.6. The molecular formula is C19H23ClN3O3S+. The number of carbonyl (C=O) groups excluding carboxylic acids is 1. The Kier molecular flexibility index (Phi) is 6.49. The van der Waals surface area contributed by atoms with E-state index in [2.05, 4.69) is 5.32 Å². The molecule has 0 spiro atoms. The SMILES string of the molecule is O=C(C[NH+]1CCN(S(=O)(=O)c2ccccc2)CC1)NCc1ccccc1Cl. The second kappa shape index (κ2) is 8.84. The molecule has 0 unspecified atom stereocenters. The molecule has 0 atom stereocenters. The van der Waals surface area contributed by atoms with Gasteiger partial charge in [-0.25, -0.2) is 8.42 Å². The minimum Gasteiger partial charge on any atom is -0.347 e. The van der Waals surface area contributed by atoms with Crippen molar-refractivity contribution in [1.29, 1.82) is 0 Å². The molecule has 2 aromatic rings. The van der Waals surface area contributed by atoms with E-state index in [1.54, 1.807) is 36.4 Å². The molecule has 0 aromatic heterocycles. The zero-order chi connectivity index (χ0) is 19.3. The summed E-state index contributed by atoms with van der Waals surface area (Å²) in [6, 6.07) is 15.8. The second-order valence-corrected chi connectivity index (χ2v) is 8.86. The molecule has 0 radical (unpaired) electrons. The highest BCUT2D eigenvalue weighted by Gasteiger charge is 2.30. The van der Waals surface area contributed by atoms with E-state index in [1.807, 2.05) is 18.2 Å². The summed E-state index contributed by atoms with van der Waals surface area (Å²) in [5.74, 6) is -0.0655. The van der Waals surface area contributed by atoms with Gasteiger partial charge in [0.1, 0.15) is 0 Å². The van der Waals surface area contributed by atoms with E-state index in [4.69, 9.17) is 11.6 Å². The van der Waals surface area contributed by atoms with Gasteiger partial charge in [0.05, 0.1) is 31.1 Å². The largest absolute Gasteiger partial charge is 0.347 e. The molecule has 8 heteroatoms. The van der Waals surface area contributed by atoms with Gasteiger partial charge >= 0.3 is 0 Å². The first-order valence-electron chi connectivity index (χ1n) is 8.85. The normalized spacial score (nSPS) is 16.2. The molecule has 1 amide bonds. The monoisotopic (exact) mass is 408 g/mol. The number of hydrogen-bond donors (Lipinski definition) is 2. The highest BCUT2D eigenvalue weighted by atomic mass is 35.5. The van der Waals surface area contributed by atoms with Crippen molar-refractivity contribution in [2.75, 3.05) is 32.7 Å². The van der Waals surface area contributed by atoms with Gasteiger partial charge in [-0.15, -0.1) is 0 Å². The number of hydrogen-bond acceptors (Lipinski definition) is 3. The fourth-order valence-electron chi connectivity index (χ4n) is 3.09. The summed E-state index contributed by atoms with van der Waals surface area (Å²) >= 11 is 6.09. The number of halogens is 1. The van der Waals surface area contributed by atoms with Crippen LogP contribution in [0.4, 0.5) is 0 Å². The molecule has 1 aliphatic heterocycles. The molecule has 2 N–H and O–H groups in total. The van der Waals surface area contributed by atoms with Gasteiger partial charge in [-0.1, -0.05) is 48.0 Å². The highest BCUT2D eigenvalue weighted by Crippen LogP contribution is 2.15. The van der Waals surface area contributed by atoms with Gasteiger partial charge in [0, 0.05) is 11.6 Å². The van der Waals surface area contributed by atoms with Crippen molar-refractivity contribution in [3.05, 3.63) is 65.2 Å². The van der Waals surface area contributed by atoms with Crippen LogP contribution < -0.4 is 10.2 Å². The lowest BCUT2D eigenvalue weighted by Crippen LogP contribution is -3.15. The maximum Gasteiger partial charge on any atom is 0.275 e. The van der Waals surface area contributed by atoms with Crippen LogP contribution in [0.2, 0.25) is 5.02 Å². The minimum absolute atomic E-state index is 0.0655. The second-order valence-electron chi connectivity index (χ2n) is 6.51. The van der Waals surface area contributed by atoms with Crippen LogP contribution in [0.25, 0.3) is 0 Å². The van der Waals surface area contributed by atoms with Crippen molar-refractivity contribution in [2.45, 2.75) is 11.4 Å². The lowest BCUT2D eigenvalue weighted by molar-refractivity contribution is -0.895. The molecule has 2 aromatic carbocycles. The standard InChI is InChI=1S/C19H22ClN3O3S/c20-18-9-5-4-6-16(18)14-21-19(24)15-22-10-12-23(13-11-22)27(25,26)17-7-2-1-3-8-17/h1-9H,10-15H2,(H,21,24)/p+1. The Hall–Kier alpha value is -1.93. The van der Waals surface area contributed by atoms with E-state index in [-0.39, 0.29) is 5.91 Å². The first kappa shape index (κ1) is 19.8. The summed E-state index contributed by atoms with van der Waals surface area (Å²) in [6.07, 6.45) is 0. The van der Waals surface area contributed by atoms with E-state index in [0.29, 0.717) is 49.2 Å². The Balaban J connectivity index is 1.48. The summed E-state index contributed by atoms with van der Waals surface area (Å²) in [5.41, 5.74) is 0.876. The van der Waals surface area contributed by atoms with E-state index < -0.39 is 10.0 Å². The average Bonchev–Trinajstić information content (AvgIpc) is 2.68. The van der Waals surface area contributed by atoms with Crippen molar-refractivity contribution in [1.82, 2.24) is 9.62 Å². The lowest BCUT2D eigenvalue weighted by Gasteiger charge is -2.31. The van der Waals surface area contributed by atoms with Crippen LogP contribution in [0.15, 0.2) is 59.5 Å². The number of quaternary nitrogens is 1. The minimum atomic E-state index is -3.46. The van der Waals surface area contributed by atoms with Crippen molar-refractivity contribution in [2.24, 2.45) is 0 Å². The third kappa shape index (κ3) is 5.07. The highest BCUT2D eigenvalue weighted by molar-refractivity contribution is 7.89. The smallest absolute Gasteiger partial charge is 0.275 e. The lowest BCUT2D eigenvalue weighted by atomic mass is 10.2. The van der Waals surface area contributed by atoms with E-state index in [1.165, 1.54) is 4.31 Å². The average molecular weight is 409 g/mol. The van der Waals surface area contributed by atoms with E-state index in [0.717, 1.165) is 10.5 Å². The molecule has 1 fully saturated rings. The topological polar surface area (TPSA) is 70.9 Å². The molecule has 0 saturated carbocycles. The van der Waals surface area contributed by atoms with Crippen molar-refractivity contribution in [3.8, 4) is 0 Å². The van der Waals surface area contributed by atoms with Gasteiger partial charge in [-0.2, -0.15) is 4.31 Å². The zero-order valence-electron chi connectivity index (χ0n) is 14.9. The molecule has 3 rings (SSSR count). The quantitative estimate of drug-likeness (QED) is 0.733. The predicted molar refractivity (Wildman–Crippen MR) is 104 cm³/mol. The van der Waals surface area contributed by atoms with E-state index in [9.17, 15) is 13.2 Å². The van der Waals surface area contributed by atoms with Gasteiger partial charge in [0.15, 0.2) is 6.54 Å². The van der Waals surface area contributed by atoms with Crippen molar-refractivity contribution >= 4 is 27.5 Å². The molecule has 0 aliphatic carbocycles. The number of rotatable bonds is 6. The Bertz CT molecular complexity index is 882. The number of nitrogens with zero attached hydrogens (tertiary/aromatic N) is 1. The molecule has 6 nitrogen and oxygen atoms in total. The van der Waals surface area contributed by atoms with Crippen LogP contribution in [-0.2, 0) is 21.4 Å². The molecule has 0 bridgehead atoms. The Morgan fingerprint density at radius 1 is 1.04 bits per heavy atom. The number of benzene rings is 2. The fourth-order valence-corrected chi connectivity index (χ4v) is 4.75. The van der Waals surface area contributed by atoms with Gasteiger partial charge in [-0.3, -0.25) is 4.79 Å². The first-order chi connectivity index (χ1) is 13.0. The third-order valence-electron chi connectivity index (χ3n) is 4.65. The summed E-state index contributed by atoms with van der Waals surface area (Å²) in [6.45, 7) is 2.73. The number of carbonyl (C=O) groups is 1. The van der Waals surface area contributed by atoms with Crippen LogP contribution in [0.3, 0.4) is 0 Å². The van der Waals surface area contributed by atoms with Crippen molar-refractivity contribution in [3.63, 3.8) is 0 Å². The van der Waals surface area contributed by atoms with Gasteiger partial charge in [0.2, 0.25) is 10.0 Å². The Morgan fingerprint density at radius 2 is 1.67 bits per heavy atom. The molecule has 1 heterocycles. The number of piperazine rings is 1. The van der Waals surface area contributed by atoms with E-state index >= 15 is 0 Å². The van der Waals surface area contributed by atoms with Crippen LogP contribution in [0, 0.1) is 0 Å².